The van der Waals surface area contributed by atoms with E-state index in [-0.39, 0.29) is 30.3 Å². The maximum absolute atomic E-state index is 13.0. The van der Waals surface area contributed by atoms with Crippen LogP contribution in [0, 0.1) is 0 Å². The Morgan fingerprint density at radius 3 is 2.42 bits per heavy atom. The molecule has 0 aromatic heterocycles. The number of amides is 2. The van der Waals surface area contributed by atoms with E-state index in [4.69, 9.17) is 9.47 Å². The molecule has 1 atom stereocenters. The summed E-state index contributed by atoms with van der Waals surface area (Å²) < 4.78 is 10.7. The van der Waals surface area contributed by atoms with Gasteiger partial charge in [0.2, 0.25) is 5.91 Å². The SMILES string of the molecule is COc1ccc([C@H]2/C(=C(\O)c3ccccc3)C(=O)C(=O)N2CCNC(C)=O)c(OC)c1. The number of hydrogen-bond donors (Lipinski definition) is 2. The normalized spacial score (nSPS) is 17.5. The fourth-order valence-electron chi connectivity index (χ4n) is 3.58. The van der Waals surface area contributed by atoms with E-state index < -0.39 is 17.7 Å². The summed E-state index contributed by atoms with van der Waals surface area (Å²) in [6, 6.07) is 12.7. The van der Waals surface area contributed by atoms with Crippen LogP contribution in [0.15, 0.2) is 54.1 Å². The fraction of sp³-hybridized carbons (Fsp3) is 0.261. The lowest BCUT2D eigenvalue weighted by atomic mass is 9.94. The number of likely N-dealkylation sites (tertiary alicyclic amines) is 1. The highest BCUT2D eigenvalue weighted by Gasteiger charge is 2.46. The third kappa shape index (κ3) is 4.37. The largest absolute Gasteiger partial charge is 0.507 e. The highest BCUT2D eigenvalue weighted by atomic mass is 16.5. The van der Waals surface area contributed by atoms with Gasteiger partial charge >= 0.3 is 0 Å². The average molecular weight is 424 g/mol. The maximum Gasteiger partial charge on any atom is 0.295 e. The van der Waals surface area contributed by atoms with E-state index >= 15 is 0 Å². The van der Waals surface area contributed by atoms with Crippen molar-refractivity contribution in [3.63, 3.8) is 0 Å². The Morgan fingerprint density at radius 2 is 1.81 bits per heavy atom. The Balaban J connectivity index is 2.16. The Kier molecular flexibility index (Phi) is 6.59. The molecule has 31 heavy (non-hydrogen) atoms. The van der Waals surface area contributed by atoms with Gasteiger partial charge in [-0.2, -0.15) is 0 Å². The molecule has 0 radical (unpaired) electrons. The summed E-state index contributed by atoms with van der Waals surface area (Å²) in [6.07, 6.45) is 0. The first-order chi connectivity index (χ1) is 14.9. The number of ether oxygens (including phenoxy) is 2. The molecule has 1 heterocycles. The predicted molar refractivity (Wildman–Crippen MR) is 114 cm³/mol. The van der Waals surface area contributed by atoms with E-state index in [1.807, 2.05) is 0 Å². The first kappa shape index (κ1) is 21.9. The van der Waals surface area contributed by atoms with Crippen molar-refractivity contribution < 1.29 is 29.0 Å². The number of methoxy groups -OCH3 is 2. The molecule has 1 saturated heterocycles. The van der Waals surface area contributed by atoms with E-state index in [2.05, 4.69) is 5.32 Å². The molecule has 1 fully saturated rings. The van der Waals surface area contributed by atoms with Crippen LogP contribution in [0.2, 0.25) is 0 Å². The van der Waals surface area contributed by atoms with Crippen molar-refractivity contribution in [3.05, 3.63) is 65.2 Å². The molecular formula is C23H24N2O6. The van der Waals surface area contributed by atoms with Crippen LogP contribution in [0.1, 0.15) is 24.1 Å². The quantitative estimate of drug-likeness (QED) is 0.401. The number of aliphatic hydroxyl groups excluding tert-OH is 1. The molecule has 8 heteroatoms. The summed E-state index contributed by atoms with van der Waals surface area (Å²) in [5.41, 5.74) is 0.894. The van der Waals surface area contributed by atoms with Crippen molar-refractivity contribution in [1.82, 2.24) is 10.2 Å². The van der Waals surface area contributed by atoms with Gasteiger partial charge in [0.25, 0.3) is 11.7 Å². The summed E-state index contributed by atoms with van der Waals surface area (Å²) in [6.45, 7) is 1.60. The molecule has 0 aliphatic carbocycles. The molecule has 2 N–H and O–H groups in total. The minimum atomic E-state index is -0.894. The number of rotatable bonds is 7. The average Bonchev–Trinajstić information content (AvgIpc) is 3.03. The van der Waals surface area contributed by atoms with E-state index in [1.54, 1.807) is 48.5 Å². The second-order valence-electron chi connectivity index (χ2n) is 6.95. The van der Waals surface area contributed by atoms with E-state index in [0.29, 0.717) is 22.6 Å². The molecule has 3 rings (SSSR count). The fourth-order valence-corrected chi connectivity index (χ4v) is 3.58. The molecule has 8 nitrogen and oxygen atoms in total. The number of hydrogen-bond acceptors (Lipinski definition) is 6. The number of carbonyl (C=O) groups is 3. The van der Waals surface area contributed by atoms with Crippen LogP contribution >= 0.6 is 0 Å². The van der Waals surface area contributed by atoms with Crippen LogP contribution in [0.25, 0.3) is 5.76 Å². The van der Waals surface area contributed by atoms with Crippen molar-refractivity contribution in [3.8, 4) is 11.5 Å². The Hall–Kier alpha value is -3.81. The van der Waals surface area contributed by atoms with Crippen LogP contribution in [-0.2, 0) is 14.4 Å². The smallest absolute Gasteiger partial charge is 0.295 e. The molecule has 2 amide bonds. The lowest BCUT2D eigenvalue weighted by Crippen LogP contribution is -2.37. The minimum absolute atomic E-state index is 0.0394. The number of nitrogens with one attached hydrogen (secondary N) is 1. The standard InChI is InChI=1S/C23H24N2O6/c1-14(26)24-11-12-25-20(17-10-9-16(30-2)13-18(17)31-3)19(22(28)23(25)29)21(27)15-7-5-4-6-8-15/h4-10,13,20,27H,11-12H2,1-3H3,(H,24,26)/b21-19+/t20-/m0/s1. The van der Waals surface area contributed by atoms with Crippen molar-refractivity contribution in [2.45, 2.75) is 13.0 Å². The molecule has 2 aromatic rings. The highest BCUT2D eigenvalue weighted by Crippen LogP contribution is 2.43. The van der Waals surface area contributed by atoms with Crippen molar-refractivity contribution in [2.24, 2.45) is 0 Å². The molecule has 2 aromatic carbocycles. The van der Waals surface area contributed by atoms with Crippen LogP contribution < -0.4 is 14.8 Å². The Morgan fingerprint density at radius 1 is 1.10 bits per heavy atom. The summed E-state index contributed by atoms with van der Waals surface area (Å²) in [7, 11) is 2.99. The molecule has 0 unspecified atom stereocenters. The van der Waals surface area contributed by atoms with Gasteiger partial charge in [-0.15, -0.1) is 0 Å². The minimum Gasteiger partial charge on any atom is -0.507 e. The highest BCUT2D eigenvalue weighted by molar-refractivity contribution is 6.46. The van der Waals surface area contributed by atoms with Gasteiger partial charge in [-0.25, -0.2) is 0 Å². The van der Waals surface area contributed by atoms with Crippen LogP contribution in [0.5, 0.6) is 11.5 Å². The first-order valence-corrected chi connectivity index (χ1v) is 9.69. The zero-order chi connectivity index (χ0) is 22.5. The lowest BCUT2D eigenvalue weighted by molar-refractivity contribution is -0.140. The molecule has 1 aliphatic rings. The van der Waals surface area contributed by atoms with Gasteiger partial charge in [-0.05, 0) is 12.1 Å². The van der Waals surface area contributed by atoms with Crippen molar-refractivity contribution in [1.29, 1.82) is 0 Å². The number of nitrogens with zero attached hydrogens (tertiary/aromatic N) is 1. The topological polar surface area (TPSA) is 105 Å². The summed E-state index contributed by atoms with van der Waals surface area (Å²) in [4.78, 5) is 38.5. The number of aliphatic hydroxyl groups is 1. The zero-order valence-electron chi connectivity index (χ0n) is 17.5. The monoisotopic (exact) mass is 424 g/mol. The van der Waals surface area contributed by atoms with Gasteiger partial charge in [0.1, 0.15) is 17.3 Å². The molecule has 0 bridgehead atoms. The Labute approximate surface area is 180 Å². The number of benzene rings is 2. The van der Waals surface area contributed by atoms with E-state index in [0.717, 1.165) is 0 Å². The van der Waals surface area contributed by atoms with Gasteiger partial charge in [-0.3, -0.25) is 14.4 Å². The van der Waals surface area contributed by atoms with Crippen molar-refractivity contribution in [2.75, 3.05) is 27.3 Å². The third-order valence-corrected chi connectivity index (χ3v) is 5.05. The zero-order valence-corrected chi connectivity index (χ0v) is 17.5. The van der Waals surface area contributed by atoms with Gasteiger partial charge in [0.15, 0.2) is 0 Å². The number of carbonyl (C=O) groups excluding carboxylic acids is 3. The van der Waals surface area contributed by atoms with Gasteiger partial charge in [0, 0.05) is 37.2 Å². The lowest BCUT2D eigenvalue weighted by Gasteiger charge is -2.26. The third-order valence-electron chi connectivity index (χ3n) is 5.05. The molecule has 0 saturated carbocycles. The summed E-state index contributed by atoms with van der Waals surface area (Å²) in [5, 5.41) is 13.6. The summed E-state index contributed by atoms with van der Waals surface area (Å²) >= 11 is 0. The molecule has 0 spiro atoms. The molecule has 1 aliphatic heterocycles. The number of Topliss-reactive ketones (excluding diaryl/α,β-unsaturated/α-hetero) is 1. The van der Waals surface area contributed by atoms with E-state index in [9.17, 15) is 19.5 Å². The summed E-state index contributed by atoms with van der Waals surface area (Å²) in [5.74, 6) is -1.14. The molecule has 162 valence electrons. The molecular weight excluding hydrogens is 400 g/mol. The first-order valence-electron chi connectivity index (χ1n) is 9.69. The van der Waals surface area contributed by atoms with Crippen LogP contribution in [0.4, 0.5) is 0 Å². The van der Waals surface area contributed by atoms with Gasteiger partial charge in [-0.1, -0.05) is 30.3 Å². The Bertz CT molecular complexity index is 1030. The van der Waals surface area contributed by atoms with Crippen LogP contribution in [0.3, 0.4) is 0 Å². The number of ketones is 1. The van der Waals surface area contributed by atoms with Crippen LogP contribution in [-0.4, -0.2) is 54.9 Å². The maximum atomic E-state index is 13.0. The van der Waals surface area contributed by atoms with Gasteiger partial charge < -0.3 is 24.8 Å². The predicted octanol–water partition coefficient (Wildman–Crippen LogP) is 2.26. The second kappa shape index (κ2) is 9.34. The second-order valence-corrected chi connectivity index (χ2v) is 6.95. The van der Waals surface area contributed by atoms with Gasteiger partial charge in [0.05, 0.1) is 25.8 Å². The van der Waals surface area contributed by atoms with E-state index in [1.165, 1.54) is 26.0 Å². The van der Waals surface area contributed by atoms with Crippen molar-refractivity contribution >= 4 is 23.4 Å².